The average molecular weight is 836 g/mol. The number of hydrogen-bond acceptors (Lipinski definition) is 1. The third-order valence-corrected chi connectivity index (χ3v) is 14.7. The zero-order chi connectivity index (χ0) is 43.3. The molecule has 66 heavy (non-hydrogen) atoms. The van der Waals surface area contributed by atoms with Crippen molar-refractivity contribution in [2.75, 3.05) is 4.90 Å². The second kappa shape index (κ2) is 14.2. The molecule has 0 amide bonds. The lowest BCUT2D eigenvalue weighted by Gasteiger charge is -2.34. The molecule has 2 aliphatic carbocycles. The van der Waals surface area contributed by atoms with Gasteiger partial charge in [-0.3, -0.25) is 0 Å². The summed E-state index contributed by atoms with van der Waals surface area (Å²) >= 11 is 0. The molecule has 0 bridgehead atoms. The normalized spacial score (nSPS) is 13.0. The van der Waals surface area contributed by atoms with Gasteiger partial charge in [0.25, 0.3) is 0 Å². The molecule has 0 atom stereocenters. The van der Waals surface area contributed by atoms with Crippen molar-refractivity contribution >= 4 is 60.2 Å². The highest BCUT2D eigenvalue weighted by Gasteiger charge is 2.52. The van der Waals surface area contributed by atoms with Crippen LogP contribution < -0.4 is 4.90 Å². The summed E-state index contributed by atoms with van der Waals surface area (Å²) in [6.45, 7) is 0. The van der Waals surface area contributed by atoms with Crippen LogP contribution in [0.5, 0.6) is 0 Å². The first-order valence-corrected chi connectivity index (χ1v) is 23.0. The van der Waals surface area contributed by atoms with Crippen molar-refractivity contribution < 1.29 is 0 Å². The highest BCUT2D eigenvalue weighted by Crippen LogP contribution is 2.64. The standard InChI is InChI=1S/C65H41N/c1-2-17-42(18-3-1)43-33-35-45(36-34-43)56-40-58-55-28-12-15-31-61(55)65(59-29-13-10-26-53(59)54-27-11-14-30-60(54)65)62(58)41-64(56)66(63-32-16-20-44-19-4-5-21-47(44)63)46-37-38-52-50-24-7-6-22-48(50)49-23-8-9-25-51(49)57(52)39-46/h1-41H. The topological polar surface area (TPSA) is 3.24 Å². The molecule has 0 heterocycles. The third kappa shape index (κ3) is 5.17. The first-order valence-electron chi connectivity index (χ1n) is 23.0. The molecule has 0 aliphatic heterocycles. The first kappa shape index (κ1) is 36.9. The number of hydrogen-bond donors (Lipinski definition) is 0. The van der Waals surface area contributed by atoms with E-state index in [1.54, 1.807) is 0 Å². The van der Waals surface area contributed by atoms with E-state index < -0.39 is 5.41 Å². The van der Waals surface area contributed by atoms with Crippen molar-refractivity contribution in [1.82, 2.24) is 0 Å². The van der Waals surface area contributed by atoms with Gasteiger partial charge in [-0.15, -0.1) is 0 Å². The maximum absolute atomic E-state index is 2.57. The fourth-order valence-corrected chi connectivity index (χ4v) is 11.9. The lowest BCUT2D eigenvalue weighted by Crippen LogP contribution is -2.26. The van der Waals surface area contributed by atoms with Crippen LogP contribution in [0.25, 0.3) is 87.6 Å². The SMILES string of the molecule is c1ccc(-c2ccc(-c3cc4c(cc3N(c3ccc5c6ccccc6c6ccccc6c5c3)c3cccc5ccccc35)C3(c5ccccc5-c5ccccc53)c3ccccc3-4)cc2)cc1. The van der Waals surface area contributed by atoms with Crippen LogP contribution in [0.4, 0.5) is 17.1 Å². The molecular weight excluding hydrogens is 795 g/mol. The Morgan fingerprint density at radius 3 is 1.35 bits per heavy atom. The zero-order valence-electron chi connectivity index (χ0n) is 36.1. The molecule has 0 saturated heterocycles. The zero-order valence-corrected chi connectivity index (χ0v) is 36.1. The summed E-state index contributed by atoms with van der Waals surface area (Å²) in [5, 5.41) is 9.97. The highest BCUT2D eigenvalue weighted by atomic mass is 15.1. The number of nitrogens with zero attached hydrogens (tertiary/aromatic N) is 1. The van der Waals surface area contributed by atoms with E-state index in [0.29, 0.717) is 0 Å². The molecule has 1 nitrogen and oxygen atoms in total. The lowest BCUT2D eigenvalue weighted by atomic mass is 9.70. The van der Waals surface area contributed by atoms with Gasteiger partial charge in [-0.2, -0.15) is 0 Å². The van der Waals surface area contributed by atoms with Crippen molar-refractivity contribution in [3.8, 4) is 44.5 Å². The molecule has 306 valence electrons. The van der Waals surface area contributed by atoms with Gasteiger partial charge in [0, 0.05) is 16.6 Å². The van der Waals surface area contributed by atoms with E-state index in [0.717, 1.165) is 17.1 Å². The second-order valence-corrected chi connectivity index (χ2v) is 17.9. The summed E-state index contributed by atoms with van der Waals surface area (Å²) in [6, 6.07) is 92.9. The van der Waals surface area contributed by atoms with Crippen LogP contribution in [0.2, 0.25) is 0 Å². The van der Waals surface area contributed by atoms with Gasteiger partial charge in [0.05, 0.1) is 16.8 Å². The first-order chi connectivity index (χ1) is 32.8. The lowest BCUT2D eigenvalue weighted by molar-refractivity contribution is 0.794. The molecule has 1 spiro atoms. The Hall–Kier alpha value is -8.52. The molecule has 2 aliphatic rings. The Balaban J connectivity index is 1.12. The minimum Gasteiger partial charge on any atom is -0.309 e. The van der Waals surface area contributed by atoms with E-state index in [-0.39, 0.29) is 0 Å². The van der Waals surface area contributed by atoms with E-state index in [2.05, 4.69) is 254 Å². The molecule has 14 rings (SSSR count). The largest absolute Gasteiger partial charge is 0.309 e. The summed E-state index contributed by atoms with van der Waals surface area (Å²) in [5.74, 6) is 0. The second-order valence-electron chi connectivity index (χ2n) is 17.9. The van der Waals surface area contributed by atoms with Crippen molar-refractivity contribution in [3.63, 3.8) is 0 Å². The Morgan fingerprint density at radius 1 is 0.242 bits per heavy atom. The van der Waals surface area contributed by atoms with Gasteiger partial charge in [-0.25, -0.2) is 0 Å². The summed E-state index contributed by atoms with van der Waals surface area (Å²) in [6.07, 6.45) is 0. The van der Waals surface area contributed by atoms with Gasteiger partial charge in [-0.1, -0.05) is 218 Å². The summed E-state index contributed by atoms with van der Waals surface area (Å²) in [5.41, 5.74) is 18.1. The summed E-state index contributed by atoms with van der Waals surface area (Å²) in [7, 11) is 0. The maximum Gasteiger partial charge on any atom is 0.0726 e. The third-order valence-electron chi connectivity index (χ3n) is 14.7. The predicted octanol–water partition coefficient (Wildman–Crippen LogP) is 17.4. The van der Waals surface area contributed by atoms with Gasteiger partial charge in [0.15, 0.2) is 0 Å². The molecule has 0 aromatic heterocycles. The minimum atomic E-state index is -0.507. The molecule has 0 N–H and O–H groups in total. The van der Waals surface area contributed by atoms with Gasteiger partial charge < -0.3 is 4.90 Å². The van der Waals surface area contributed by atoms with Crippen LogP contribution in [0.3, 0.4) is 0 Å². The van der Waals surface area contributed by atoms with Gasteiger partial charge in [0.2, 0.25) is 0 Å². The maximum atomic E-state index is 2.57. The number of rotatable bonds is 5. The Labute approximate surface area is 384 Å². The van der Waals surface area contributed by atoms with Gasteiger partial charge in [0.1, 0.15) is 0 Å². The van der Waals surface area contributed by atoms with E-state index in [4.69, 9.17) is 0 Å². The molecule has 0 unspecified atom stereocenters. The van der Waals surface area contributed by atoms with Crippen molar-refractivity contribution in [3.05, 3.63) is 271 Å². The number of benzene rings is 12. The fourth-order valence-electron chi connectivity index (χ4n) is 11.9. The number of fused-ring (bicyclic) bond motifs is 17. The molecular formula is C65H41N. The van der Waals surface area contributed by atoms with Crippen LogP contribution in [0.1, 0.15) is 22.3 Å². The molecule has 0 fully saturated rings. The van der Waals surface area contributed by atoms with E-state index in [1.165, 1.54) is 110 Å². The van der Waals surface area contributed by atoms with Crippen LogP contribution in [-0.2, 0) is 5.41 Å². The monoisotopic (exact) mass is 835 g/mol. The van der Waals surface area contributed by atoms with Crippen molar-refractivity contribution in [2.24, 2.45) is 0 Å². The van der Waals surface area contributed by atoms with Gasteiger partial charge in [-0.05, 0) is 129 Å². The fraction of sp³-hybridized carbons (Fsp3) is 0.0154. The van der Waals surface area contributed by atoms with Crippen LogP contribution in [-0.4, -0.2) is 0 Å². The Kier molecular flexibility index (Phi) is 7.97. The summed E-state index contributed by atoms with van der Waals surface area (Å²) in [4.78, 5) is 2.57. The molecule has 1 heteroatoms. The van der Waals surface area contributed by atoms with Crippen LogP contribution in [0.15, 0.2) is 249 Å². The van der Waals surface area contributed by atoms with Gasteiger partial charge >= 0.3 is 0 Å². The predicted molar refractivity (Wildman–Crippen MR) is 278 cm³/mol. The molecule has 0 radical (unpaired) electrons. The van der Waals surface area contributed by atoms with Crippen LogP contribution in [0, 0.1) is 0 Å². The smallest absolute Gasteiger partial charge is 0.0726 e. The molecule has 12 aromatic carbocycles. The van der Waals surface area contributed by atoms with Crippen LogP contribution >= 0.6 is 0 Å². The summed E-state index contributed by atoms with van der Waals surface area (Å²) < 4.78 is 0. The Bertz CT molecular complexity index is 3850. The van der Waals surface area contributed by atoms with E-state index in [1.807, 2.05) is 0 Å². The van der Waals surface area contributed by atoms with E-state index >= 15 is 0 Å². The van der Waals surface area contributed by atoms with Crippen molar-refractivity contribution in [1.29, 1.82) is 0 Å². The average Bonchev–Trinajstić information content (AvgIpc) is 3.86. The minimum absolute atomic E-state index is 0.507. The number of anilines is 3. The Morgan fingerprint density at radius 2 is 0.712 bits per heavy atom. The highest BCUT2D eigenvalue weighted by molar-refractivity contribution is 6.26. The molecule has 12 aromatic rings. The quantitative estimate of drug-likeness (QED) is 0.156. The van der Waals surface area contributed by atoms with Crippen molar-refractivity contribution in [2.45, 2.75) is 5.41 Å². The van der Waals surface area contributed by atoms with E-state index in [9.17, 15) is 0 Å². The molecule has 0 saturated carbocycles.